The summed E-state index contributed by atoms with van der Waals surface area (Å²) in [6.07, 6.45) is 7.26. The molecule has 1 saturated heterocycles. The van der Waals surface area contributed by atoms with Crippen LogP contribution in [0.1, 0.15) is 58.8 Å². The second-order valence-electron chi connectivity index (χ2n) is 8.41. The normalized spacial score (nSPS) is 19.2. The maximum absolute atomic E-state index is 12.9. The first-order chi connectivity index (χ1) is 14.4. The van der Waals surface area contributed by atoms with Gasteiger partial charge >= 0.3 is 0 Å². The Bertz CT molecular complexity index is 739. The smallest absolute Gasteiger partial charge is 0.235 e. The predicted molar refractivity (Wildman–Crippen MR) is 120 cm³/mol. The molecule has 1 unspecified atom stereocenters. The van der Waals surface area contributed by atoms with E-state index in [9.17, 15) is 14.4 Å². The van der Waals surface area contributed by atoms with Crippen LogP contribution in [0.5, 0.6) is 0 Å². The fraction of sp³-hybridized carbons (Fsp3) is 0.609. The largest absolute Gasteiger partial charge is 0.353 e. The molecule has 3 amide bonds. The van der Waals surface area contributed by atoms with Crippen LogP contribution in [-0.4, -0.2) is 47.0 Å². The monoisotopic (exact) mass is 431 g/mol. The molecule has 7 heteroatoms. The summed E-state index contributed by atoms with van der Waals surface area (Å²) in [5.41, 5.74) is 0.753. The van der Waals surface area contributed by atoms with Crippen LogP contribution in [0.15, 0.2) is 29.2 Å². The van der Waals surface area contributed by atoms with Gasteiger partial charge in [0.05, 0.1) is 5.25 Å². The van der Waals surface area contributed by atoms with Crippen molar-refractivity contribution in [3.8, 4) is 0 Å². The maximum atomic E-state index is 12.9. The highest BCUT2D eigenvalue weighted by atomic mass is 32.2. The van der Waals surface area contributed by atoms with Gasteiger partial charge in [-0.2, -0.15) is 0 Å². The van der Waals surface area contributed by atoms with E-state index >= 15 is 0 Å². The molecule has 1 aliphatic carbocycles. The number of rotatable bonds is 6. The molecule has 1 aromatic rings. The van der Waals surface area contributed by atoms with Crippen molar-refractivity contribution in [1.82, 2.24) is 10.2 Å². The molecule has 0 radical (unpaired) electrons. The van der Waals surface area contributed by atoms with Gasteiger partial charge in [-0.3, -0.25) is 14.4 Å². The third-order valence-corrected chi connectivity index (χ3v) is 7.06. The van der Waals surface area contributed by atoms with Gasteiger partial charge in [0.25, 0.3) is 0 Å². The number of likely N-dealkylation sites (tertiary alicyclic amines) is 1. The third-order valence-electron chi connectivity index (χ3n) is 5.96. The highest BCUT2D eigenvalue weighted by Crippen LogP contribution is 2.27. The van der Waals surface area contributed by atoms with E-state index < -0.39 is 0 Å². The van der Waals surface area contributed by atoms with Crippen molar-refractivity contribution in [3.63, 3.8) is 0 Å². The zero-order valence-electron chi connectivity index (χ0n) is 18.0. The third kappa shape index (κ3) is 6.49. The molecule has 30 heavy (non-hydrogen) atoms. The van der Waals surface area contributed by atoms with Crippen molar-refractivity contribution in [2.75, 3.05) is 18.4 Å². The van der Waals surface area contributed by atoms with Crippen LogP contribution < -0.4 is 10.6 Å². The topological polar surface area (TPSA) is 78.5 Å². The Hall–Kier alpha value is -2.02. The summed E-state index contributed by atoms with van der Waals surface area (Å²) < 4.78 is 0. The first-order valence-electron chi connectivity index (χ1n) is 11.1. The van der Waals surface area contributed by atoms with Gasteiger partial charge in [0, 0.05) is 42.6 Å². The summed E-state index contributed by atoms with van der Waals surface area (Å²) >= 11 is 1.53. The molecule has 1 aromatic carbocycles. The number of carbonyl (C=O) groups is 3. The fourth-order valence-electron chi connectivity index (χ4n) is 4.26. The number of hydrogen-bond acceptors (Lipinski definition) is 4. The Balaban J connectivity index is 1.42. The molecule has 164 valence electrons. The van der Waals surface area contributed by atoms with E-state index in [2.05, 4.69) is 10.6 Å². The van der Waals surface area contributed by atoms with Crippen molar-refractivity contribution in [2.24, 2.45) is 5.92 Å². The van der Waals surface area contributed by atoms with E-state index in [4.69, 9.17) is 0 Å². The van der Waals surface area contributed by atoms with Crippen LogP contribution >= 0.6 is 11.8 Å². The van der Waals surface area contributed by atoms with Crippen LogP contribution in [0, 0.1) is 5.92 Å². The van der Waals surface area contributed by atoms with E-state index in [0.717, 1.165) is 49.1 Å². The van der Waals surface area contributed by atoms with Crippen molar-refractivity contribution in [2.45, 2.75) is 75.0 Å². The van der Waals surface area contributed by atoms with E-state index in [1.54, 1.807) is 0 Å². The molecule has 0 aromatic heterocycles. The summed E-state index contributed by atoms with van der Waals surface area (Å²) in [5.74, 6) is 0.443. The summed E-state index contributed by atoms with van der Waals surface area (Å²) in [5, 5.41) is 5.79. The summed E-state index contributed by atoms with van der Waals surface area (Å²) in [6, 6.07) is 7.73. The minimum atomic E-state index is -0.176. The summed E-state index contributed by atoms with van der Waals surface area (Å²) in [6.45, 7) is 4.81. The van der Waals surface area contributed by atoms with Crippen LogP contribution in [0.4, 0.5) is 5.69 Å². The summed E-state index contributed by atoms with van der Waals surface area (Å²) in [7, 11) is 0. The molecule has 2 aliphatic rings. The minimum Gasteiger partial charge on any atom is -0.353 e. The Labute approximate surface area is 183 Å². The molecule has 1 saturated carbocycles. The van der Waals surface area contributed by atoms with Crippen LogP contribution in [0.25, 0.3) is 0 Å². The first kappa shape index (κ1) is 22.7. The number of hydrogen-bond donors (Lipinski definition) is 2. The predicted octanol–water partition coefficient (Wildman–Crippen LogP) is 3.81. The molecule has 6 nitrogen and oxygen atoms in total. The van der Waals surface area contributed by atoms with Gasteiger partial charge < -0.3 is 15.5 Å². The van der Waals surface area contributed by atoms with Crippen molar-refractivity contribution < 1.29 is 14.4 Å². The van der Waals surface area contributed by atoms with Gasteiger partial charge in [-0.05, 0) is 56.9 Å². The highest BCUT2D eigenvalue weighted by Gasteiger charge is 2.29. The van der Waals surface area contributed by atoms with E-state index in [1.165, 1.54) is 25.1 Å². The maximum Gasteiger partial charge on any atom is 0.235 e. The van der Waals surface area contributed by atoms with E-state index in [1.807, 2.05) is 36.1 Å². The minimum absolute atomic E-state index is 0.0997. The van der Waals surface area contributed by atoms with Crippen molar-refractivity contribution in [1.29, 1.82) is 0 Å². The van der Waals surface area contributed by atoms with Crippen LogP contribution in [-0.2, 0) is 14.4 Å². The van der Waals surface area contributed by atoms with Gasteiger partial charge in [0.1, 0.15) is 0 Å². The number of benzene rings is 1. The molecule has 1 heterocycles. The van der Waals surface area contributed by atoms with Crippen LogP contribution in [0.2, 0.25) is 0 Å². The number of nitrogens with one attached hydrogen (secondary N) is 2. The zero-order chi connectivity index (χ0) is 21.5. The lowest BCUT2D eigenvalue weighted by atomic mass is 9.88. The highest BCUT2D eigenvalue weighted by molar-refractivity contribution is 8.00. The lowest BCUT2D eigenvalue weighted by Gasteiger charge is -2.34. The Kier molecular flexibility index (Phi) is 8.19. The molecule has 1 aliphatic heterocycles. The first-order valence-corrected chi connectivity index (χ1v) is 11.9. The second kappa shape index (κ2) is 10.8. The quantitative estimate of drug-likeness (QED) is 0.672. The Morgan fingerprint density at radius 1 is 1.00 bits per heavy atom. The summed E-state index contributed by atoms with van der Waals surface area (Å²) in [4.78, 5) is 39.3. The molecule has 0 spiro atoms. The number of thioether (sulfide) groups is 1. The molecule has 1 atom stereocenters. The molecule has 3 rings (SSSR count). The number of nitrogens with zero attached hydrogens (tertiary/aromatic N) is 1. The fourth-order valence-corrected chi connectivity index (χ4v) is 5.21. The lowest BCUT2D eigenvalue weighted by Crippen LogP contribution is -2.49. The lowest BCUT2D eigenvalue weighted by molar-refractivity contribution is -0.131. The number of piperidine rings is 1. The molecular formula is C23H33N3O3S. The van der Waals surface area contributed by atoms with Gasteiger partial charge in [-0.15, -0.1) is 11.8 Å². The second-order valence-corrected chi connectivity index (χ2v) is 9.82. The molecule has 0 bridgehead atoms. The van der Waals surface area contributed by atoms with Crippen molar-refractivity contribution in [3.05, 3.63) is 24.3 Å². The number of anilines is 1. The Morgan fingerprint density at radius 2 is 1.63 bits per heavy atom. The molecular weight excluding hydrogens is 398 g/mol. The van der Waals surface area contributed by atoms with Gasteiger partial charge in [0.15, 0.2) is 0 Å². The van der Waals surface area contributed by atoms with E-state index in [0.29, 0.717) is 13.1 Å². The Morgan fingerprint density at radius 3 is 2.23 bits per heavy atom. The van der Waals surface area contributed by atoms with Gasteiger partial charge in [0.2, 0.25) is 17.7 Å². The average molecular weight is 432 g/mol. The number of carbonyl (C=O) groups excluding carboxylic acids is 3. The zero-order valence-corrected chi connectivity index (χ0v) is 18.8. The van der Waals surface area contributed by atoms with E-state index in [-0.39, 0.29) is 34.9 Å². The molecule has 2 fully saturated rings. The standard InChI is InChI=1S/C23H33N3O3S/c1-16(30-21-10-8-19(9-11-21)24-17(2)27)23(29)26-14-12-20(13-15-26)25-22(28)18-6-4-3-5-7-18/h8-11,16,18,20H,3-7,12-15H2,1-2H3,(H,24,27)(H,25,28). The SMILES string of the molecule is CC(=O)Nc1ccc(SC(C)C(=O)N2CCC(NC(=O)C3CCCCC3)CC2)cc1. The van der Waals surface area contributed by atoms with Crippen molar-refractivity contribution >= 4 is 35.2 Å². The van der Waals surface area contributed by atoms with Crippen LogP contribution in [0.3, 0.4) is 0 Å². The average Bonchev–Trinajstić information content (AvgIpc) is 2.75. The van der Waals surface area contributed by atoms with Gasteiger partial charge in [-0.1, -0.05) is 19.3 Å². The molecule has 2 N–H and O–H groups in total. The number of amides is 3. The van der Waals surface area contributed by atoms with Gasteiger partial charge in [-0.25, -0.2) is 0 Å².